The molecule has 0 aliphatic carbocycles. The zero-order chi connectivity index (χ0) is 11.4. The smallest absolute Gasteiger partial charge is 0.319 e. The van der Waals surface area contributed by atoms with Gasteiger partial charge in [-0.25, -0.2) is 0 Å². The molecule has 1 heterocycles. The third-order valence-electron chi connectivity index (χ3n) is 2.59. The summed E-state index contributed by atoms with van der Waals surface area (Å²) >= 11 is 0. The van der Waals surface area contributed by atoms with Crippen LogP contribution in [0.2, 0.25) is 0 Å². The summed E-state index contributed by atoms with van der Waals surface area (Å²) in [7, 11) is -1.40. The van der Waals surface area contributed by atoms with Crippen molar-refractivity contribution in [3.63, 3.8) is 0 Å². The second kappa shape index (κ2) is 5.58. The summed E-state index contributed by atoms with van der Waals surface area (Å²) in [6, 6.07) is 0. The van der Waals surface area contributed by atoms with Crippen LogP contribution in [0.4, 0.5) is 0 Å². The molecule has 4 atom stereocenters. The Kier molecular flexibility index (Phi) is 4.69. The van der Waals surface area contributed by atoms with E-state index in [1.165, 1.54) is 0 Å². The molecule has 0 radical (unpaired) electrons. The average Bonchev–Trinajstić information content (AvgIpc) is 2.59. The molecular weight excluding hydrogens is 218 g/mol. The van der Waals surface area contributed by atoms with Gasteiger partial charge >= 0.3 is 5.97 Å². The van der Waals surface area contributed by atoms with Crippen molar-refractivity contribution in [1.82, 2.24) is 0 Å². The van der Waals surface area contributed by atoms with Crippen molar-refractivity contribution in [3.8, 4) is 0 Å². The Labute approximate surface area is 91.4 Å². The fourth-order valence-electron chi connectivity index (χ4n) is 1.72. The van der Waals surface area contributed by atoms with Gasteiger partial charge in [-0.2, -0.15) is 0 Å². The van der Waals surface area contributed by atoms with E-state index in [9.17, 15) is 9.00 Å². The van der Waals surface area contributed by atoms with E-state index in [-0.39, 0.29) is 24.3 Å². The van der Waals surface area contributed by atoms with E-state index in [0.717, 1.165) is 0 Å². The van der Waals surface area contributed by atoms with Crippen molar-refractivity contribution in [2.24, 2.45) is 5.73 Å². The van der Waals surface area contributed by atoms with Crippen LogP contribution in [0.15, 0.2) is 0 Å². The lowest BCUT2D eigenvalue weighted by atomic mass is 10.2. The highest BCUT2D eigenvalue weighted by molar-refractivity contribution is 7.87. The molecule has 0 amide bonds. The highest BCUT2D eigenvalue weighted by atomic mass is 32.2. The molecule has 0 spiro atoms. The minimum atomic E-state index is -1.40. The molecule has 6 heteroatoms. The molecule has 1 rings (SSSR count). The van der Waals surface area contributed by atoms with Crippen molar-refractivity contribution in [2.75, 3.05) is 13.2 Å². The SMILES string of the molecule is CC1OCCC1S(=O)C(CCN)C(=O)O. The Morgan fingerprint density at radius 1 is 1.73 bits per heavy atom. The van der Waals surface area contributed by atoms with Crippen LogP contribution in [-0.4, -0.2) is 45.0 Å². The van der Waals surface area contributed by atoms with Crippen LogP contribution in [0, 0.1) is 0 Å². The normalized spacial score (nSPS) is 30.0. The number of aliphatic carboxylic acids is 1. The molecule has 15 heavy (non-hydrogen) atoms. The number of carboxylic acid groups (broad SMARTS) is 1. The molecule has 1 aliphatic heterocycles. The molecule has 0 aromatic rings. The summed E-state index contributed by atoms with van der Waals surface area (Å²) < 4.78 is 17.3. The van der Waals surface area contributed by atoms with Crippen molar-refractivity contribution < 1.29 is 18.8 Å². The topological polar surface area (TPSA) is 89.6 Å². The van der Waals surface area contributed by atoms with E-state index >= 15 is 0 Å². The minimum Gasteiger partial charge on any atom is -0.480 e. The van der Waals surface area contributed by atoms with Crippen molar-refractivity contribution in [3.05, 3.63) is 0 Å². The number of hydrogen-bond donors (Lipinski definition) is 2. The summed E-state index contributed by atoms with van der Waals surface area (Å²) in [6.45, 7) is 2.63. The van der Waals surface area contributed by atoms with Crippen LogP contribution < -0.4 is 5.73 Å². The van der Waals surface area contributed by atoms with Gasteiger partial charge in [-0.1, -0.05) is 0 Å². The number of ether oxygens (including phenoxy) is 1. The zero-order valence-electron chi connectivity index (χ0n) is 8.72. The molecule has 4 unspecified atom stereocenters. The summed E-state index contributed by atoms with van der Waals surface area (Å²) in [4.78, 5) is 10.9. The lowest BCUT2D eigenvalue weighted by molar-refractivity contribution is -0.136. The van der Waals surface area contributed by atoms with Crippen LogP contribution in [0.25, 0.3) is 0 Å². The van der Waals surface area contributed by atoms with E-state index in [1.807, 2.05) is 6.92 Å². The summed E-state index contributed by atoms with van der Waals surface area (Å²) in [5.41, 5.74) is 5.31. The molecule has 1 saturated heterocycles. The van der Waals surface area contributed by atoms with Gasteiger partial charge in [0.25, 0.3) is 0 Å². The molecule has 0 aromatic carbocycles. The van der Waals surface area contributed by atoms with E-state index < -0.39 is 22.0 Å². The third kappa shape index (κ3) is 2.99. The van der Waals surface area contributed by atoms with E-state index in [4.69, 9.17) is 15.6 Å². The van der Waals surface area contributed by atoms with Crippen LogP contribution in [-0.2, 0) is 20.3 Å². The van der Waals surface area contributed by atoms with E-state index in [0.29, 0.717) is 13.0 Å². The van der Waals surface area contributed by atoms with E-state index in [2.05, 4.69) is 0 Å². The van der Waals surface area contributed by atoms with E-state index in [1.54, 1.807) is 0 Å². The molecule has 0 aromatic heterocycles. The van der Waals surface area contributed by atoms with Gasteiger partial charge in [0.1, 0.15) is 5.25 Å². The predicted octanol–water partition coefficient (Wildman–Crippen LogP) is -0.285. The molecule has 0 bridgehead atoms. The van der Waals surface area contributed by atoms with Gasteiger partial charge in [-0.05, 0) is 26.3 Å². The number of carboxylic acids is 1. The molecule has 1 aliphatic rings. The second-order valence-corrected chi connectivity index (χ2v) is 5.47. The van der Waals surface area contributed by atoms with Crippen LogP contribution in [0.1, 0.15) is 19.8 Å². The monoisotopic (exact) mass is 235 g/mol. The van der Waals surface area contributed by atoms with Crippen LogP contribution in [0.3, 0.4) is 0 Å². The summed E-state index contributed by atoms with van der Waals surface area (Å²) in [5.74, 6) is -1.03. The van der Waals surface area contributed by atoms with Gasteiger partial charge in [0, 0.05) is 17.4 Å². The Morgan fingerprint density at radius 3 is 2.80 bits per heavy atom. The first-order chi connectivity index (χ1) is 7.07. The predicted molar refractivity (Wildman–Crippen MR) is 57.1 cm³/mol. The van der Waals surface area contributed by atoms with Gasteiger partial charge in [0.2, 0.25) is 0 Å². The summed E-state index contributed by atoms with van der Waals surface area (Å²) in [5, 5.41) is 7.91. The number of carbonyl (C=O) groups is 1. The first-order valence-electron chi connectivity index (χ1n) is 5.01. The number of nitrogens with two attached hydrogens (primary N) is 1. The van der Waals surface area contributed by atoms with Crippen LogP contribution >= 0.6 is 0 Å². The second-order valence-electron chi connectivity index (χ2n) is 3.64. The maximum atomic E-state index is 12.0. The molecule has 0 saturated carbocycles. The largest absolute Gasteiger partial charge is 0.480 e. The van der Waals surface area contributed by atoms with Gasteiger partial charge in [-0.15, -0.1) is 0 Å². The molecule has 5 nitrogen and oxygen atoms in total. The molecular formula is C9H17NO4S. The maximum absolute atomic E-state index is 12.0. The first-order valence-corrected chi connectivity index (χ1v) is 6.29. The fourth-order valence-corrected chi connectivity index (χ4v) is 3.49. The highest BCUT2D eigenvalue weighted by Crippen LogP contribution is 2.22. The van der Waals surface area contributed by atoms with Crippen LogP contribution in [0.5, 0.6) is 0 Å². The maximum Gasteiger partial charge on any atom is 0.319 e. The fraction of sp³-hybridized carbons (Fsp3) is 0.889. The Hall–Kier alpha value is -0.460. The zero-order valence-corrected chi connectivity index (χ0v) is 9.53. The van der Waals surface area contributed by atoms with Gasteiger partial charge in [-0.3, -0.25) is 9.00 Å². The molecule has 3 N–H and O–H groups in total. The summed E-state index contributed by atoms with van der Waals surface area (Å²) in [6.07, 6.45) is 0.804. The lowest BCUT2D eigenvalue weighted by Gasteiger charge is -2.18. The van der Waals surface area contributed by atoms with Crippen molar-refractivity contribution in [1.29, 1.82) is 0 Å². The standard InChI is InChI=1S/C9H17NO4S/c1-6-7(3-5-14-6)15(13)8(2-4-10)9(11)12/h6-8H,2-5,10H2,1H3,(H,11,12). The number of hydrogen-bond acceptors (Lipinski definition) is 4. The molecule has 1 fully saturated rings. The Balaban J connectivity index is 2.66. The van der Waals surface area contributed by atoms with Gasteiger partial charge < -0.3 is 15.6 Å². The van der Waals surface area contributed by atoms with Crippen molar-refractivity contribution in [2.45, 2.75) is 36.4 Å². The van der Waals surface area contributed by atoms with Gasteiger partial charge in [0.15, 0.2) is 0 Å². The van der Waals surface area contributed by atoms with Crippen molar-refractivity contribution >= 4 is 16.8 Å². The Bertz CT molecular complexity index is 258. The number of rotatable bonds is 5. The highest BCUT2D eigenvalue weighted by Gasteiger charge is 2.36. The third-order valence-corrected chi connectivity index (χ3v) is 4.80. The quantitative estimate of drug-likeness (QED) is 0.683. The first kappa shape index (κ1) is 12.6. The average molecular weight is 235 g/mol. The molecule has 88 valence electrons. The minimum absolute atomic E-state index is 0.120. The van der Waals surface area contributed by atoms with Gasteiger partial charge in [0.05, 0.1) is 11.4 Å². The lowest BCUT2D eigenvalue weighted by Crippen LogP contribution is -2.37. The Morgan fingerprint density at radius 2 is 2.40 bits per heavy atom.